The van der Waals surface area contributed by atoms with Crippen molar-refractivity contribution in [3.8, 4) is 5.75 Å². The minimum atomic E-state index is -0.662. The molecule has 8 heteroatoms. The van der Waals surface area contributed by atoms with E-state index in [0.29, 0.717) is 26.4 Å². The normalized spacial score (nSPS) is 15.8. The van der Waals surface area contributed by atoms with Crippen LogP contribution in [-0.2, 0) is 9.53 Å². The van der Waals surface area contributed by atoms with E-state index in [1.807, 2.05) is 61.5 Å². The van der Waals surface area contributed by atoms with Crippen molar-refractivity contribution in [3.05, 3.63) is 96.3 Å². The summed E-state index contributed by atoms with van der Waals surface area (Å²) in [5, 5.41) is 1.05. The van der Waals surface area contributed by atoms with Crippen LogP contribution in [0.5, 0.6) is 5.75 Å². The summed E-state index contributed by atoms with van der Waals surface area (Å²) in [6.45, 7) is 7.38. The first-order valence-corrected chi connectivity index (χ1v) is 12.5. The van der Waals surface area contributed by atoms with E-state index in [0.717, 1.165) is 27.7 Å². The van der Waals surface area contributed by atoms with E-state index < -0.39 is 12.0 Å². The highest BCUT2D eigenvalue weighted by molar-refractivity contribution is 7.07. The fourth-order valence-corrected chi connectivity index (χ4v) is 5.61. The van der Waals surface area contributed by atoms with Crippen LogP contribution in [-0.4, -0.2) is 28.7 Å². The summed E-state index contributed by atoms with van der Waals surface area (Å²) < 4.78 is 13.0. The number of H-pyrrole nitrogens is 1. The van der Waals surface area contributed by atoms with Crippen molar-refractivity contribution < 1.29 is 14.3 Å². The van der Waals surface area contributed by atoms with E-state index in [1.54, 1.807) is 32.4 Å². The SMILES string of the molecule is COc1ccc(C2C(C(=O)OC(C)C)=C(C)N=c3sc(=Cc4c(C)[nH]c5ccccc45)c(=O)n32)cc1. The first-order chi connectivity index (χ1) is 17.3. The van der Waals surface area contributed by atoms with Gasteiger partial charge < -0.3 is 14.5 Å². The number of esters is 1. The van der Waals surface area contributed by atoms with Gasteiger partial charge in [0.15, 0.2) is 4.80 Å². The van der Waals surface area contributed by atoms with E-state index in [9.17, 15) is 9.59 Å². The number of ether oxygens (including phenoxy) is 2. The summed E-state index contributed by atoms with van der Waals surface area (Å²) in [5.41, 5.74) is 4.43. The van der Waals surface area contributed by atoms with Crippen LogP contribution in [0.4, 0.5) is 0 Å². The van der Waals surface area contributed by atoms with Crippen LogP contribution in [0.3, 0.4) is 0 Å². The highest BCUT2D eigenvalue weighted by atomic mass is 32.1. The van der Waals surface area contributed by atoms with Crippen molar-refractivity contribution in [1.82, 2.24) is 9.55 Å². The molecule has 1 N–H and O–H groups in total. The number of thiazole rings is 1. The Morgan fingerprint density at radius 1 is 1.14 bits per heavy atom. The molecule has 184 valence electrons. The van der Waals surface area contributed by atoms with Gasteiger partial charge in [0.1, 0.15) is 5.75 Å². The van der Waals surface area contributed by atoms with Gasteiger partial charge in [0.2, 0.25) is 0 Å². The van der Waals surface area contributed by atoms with Crippen molar-refractivity contribution in [2.24, 2.45) is 4.99 Å². The van der Waals surface area contributed by atoms with Crippen molar-refractivity contribution in [2.75, 3.05) is 7.11 Å². The second-order valence-electron chi connectivity index (χ2n) is 9.02. The molecular formula is C28H27N3O4S. The third kappa shape index (κ3) is 4.07. The number of carbonyl (C=O) groups is 1. The lowest BCUT2D eigenvalue weighted by Crippen LogP contribution is -2.40. The zero-order chi connectivity index (χ0) is 25.6. The van der Waals surface area contributed by atoms with Crippen LogP contribution >= 0.6 is 11.3 Å². The summed E-state index contributed by atoms with van der Waals surface area (Å²) in [4.78, 5) is 35.7. The first kappa shape index (κ1) is 23.8. The van der Waals surface area contributed by atoms with E-state index in [4.69, 9.17) is 9.47 Å². The summed E-state index contributed by atoms with van der Waals surface area (Å²) in [7, 11) is 1.60. The average molecular weight is 502 g/mol. The Kier molecular flexibility index (Phi) is 6.14. The van der Waals surface area contributed by atoms with E-state index >= 15 is 0 Å². The molecule has 4 aromatic rings. The molecule has 2 aromatic carbocycles. The number of hydrogen-bond acceptors (Lipinski definition) is 6. The molecule has 0 saturated heterocycles. The third-order valence-corrected chi connectivity index (χ3v) is 7.22. The third-order valence-electron chi connectivity index (χ3n) is 6.23. The quantitative estimate of drug-likeness (QED) is 0.419. The molecular weight excluding hydrogens is 474 g/mol. The molecule has 1 aliphatic heterocycles. The zero-order valence-corrected chi connectivity index (χ0v) is 21.6. The van der Waals surface area contributed by atoms with Gasteiger partial charge >= 0.3 is 5.97 Å². The Morgan fingerprint density at radius 3 is 2.56 bits per heavy atom. The minimum Gasteiger partial charge on any atom is -0.497 e. The zero-order valence-electron chi connectivity index (χ0n) is 20.8. The topological polar surface area (TPSA) is 85.7 Å². The molecule has 36 heavy (non-hydrogen) atoms. The van der Waals surface area contributed by atoms with Gasteiger partial charge in [-0.15, -0.1) is 0 Å². The number of aryl methyl sites for hydroxylation is 1. The maximum atomic E-state index is 13.9. The summed E-state index contributed by atoms with van der Waals surface area (Å²) >= 11 is 1.32. The second-order valence-corrected chi connectivity index (χ2v) is 10.0. The molecule has 0 radical (unpaired) electrons. The average Bonchev–Trinajstić information content (AvgIpc) is 3.33. The van der Waals surface area contributed by atoms with E-state index in [2.05, 4.69) is 9.98 Å². The fraction of sp³-hybridized carbons (Fsp3) is 0.250. The lowest BCUT2D eigenvalue weighted by atomic mass is 9.96. The molecule has 7 nitrogen and oxygen atoms in total. The fourth-order valence-electron chi connectivity index (χ4n) is 4.58. The molecule has 2 aromatic heterocycles. The lowest BCUT2D eigenvalue weighted by molar-refractivity contribution is -0.143. The van der Waals surface area contributed by atoms with Crippen LogP contribution in [0.25, 0.3) is 17.0 Å². The van der Waals surface area contributed by atoms with E-state index in [-0.39, 0.29) is 11.7 Å². The van der Waals surface area contributed by atoms with Crippen LogP contribution in [0.15, 0.2) is 69.6 Å². The second kappa shape index (κ2) is 9.28. The van der Waals surface area contributed by atoms with Gasteiger partial charge in [-0.2, -0.15) is 0 Å². The number of rotatable bonds is 5. The monoisotopic (exact) mass is 501 g/mol. The largest absolute Gasteiger partial charge is 0.497 e. The number of hydrogen-bond donors (Lipinski definition) is 1. The molecule has 0 fully saturated rings. The predicted molar refractivity (Wildman–Crippen MR) is 141 cm³/mol. The van der Waals surface area contributed by atoms with Crippen molar-refractivity contribution in [2.45, 2.75) is 39.8 Å². The number of carbonyl (C=O) groups excluding carboxylic acids is 1. The Morgan fingerprint density at radius 2 is 1.86 bits per heavy atom. The van der Waals surface area contributed by atoms with Crippen LogP contribution in [0.1, 0.15) is 43.6 Å². The summed E-state index contributed by atoms with van der Waals surface area (Å²) in [5.74, 6) is 0.210. The summed E-state index contributed by atoms with van der Waals surface area (Å²) in [6, 6.07) is 14.7. The predicted octanol–water partition coefficient (Wildman–Crippen LogP) is 3.99. The number of benzene rings is 2. The number of aromatic nitrogens is 2. The molecule has 0 spiro atoms. The smallest absolute Gasteiger partial charge is 0.338 e. The van der Waals surface area contributed by atoms with Crippen LogP contribution in [0, 0.1) is 6.92 Å². The number of methoxy groups -OCH3 is 1. The Balaban J connectivity index is 1.74. The Hall–Kier alpha value is -3.91. The number of nitrogens with one attached hydrogen (secondary N) is 1. The molecule has 5 rings (SSSR count). The van der Waals surface area contributed by atoms with E-state index in [1.165, 1.54) is 11.3 Å². The van der Waals surface area contributed by atoms with Crippen LogP contribution in [0.2, 0.25) is 0 Å². The Bertz CT molecular complexity index is 1690. The summed E-state index contributed by atoms with van der Waals surface area (Å²) in [6.07, 6.45) is 1.61. The maximum Gasteiger partial charge on any atom is 0.338 e. The molecule has 0 bridgehead atoms. The lowest BCUT2D eigenvalue weighted by Gasteiger charge is -2.25. The molecule has 1 unspecified atom stereocenters. The van der Waals surface area contributed by atoms with Gasteiger partial charge in [0.05, 0.1) is 35.1 Å². The van der Waals surface area contributed by atoms with Gasteiger partial charge in [-0.3, -0.25) is 9.36 Å². The highest BCUT2D eigenvalue weighted by Crippen LogP contribution is 2.32. The molecule has 1 atom stereocenters. The minimum absolute atomic E-state index is 0.202. The maximum absolute atomic E-state index is 13.9. The van der Waals surface area contributed by atoms with Gasteiger partial charge in [0, 0.05) is 22.2 Å². The molecule has 3 heterocycles. The molecule has 0 aliphatic carbocycles. The Labute approximate surface area is 212 Å². The number of nitrogens with zero attached hydrogens (tertiary/aromatic N) is 2. The highest BCUT2D eigenvalue weighted by Gasteiger charge is 2.33. The van der Waals surface area contributed by atoms with Crippen molar-refractivity contribution in [3.63, 3.8) is 0 Å². The number of fused-ring (bicyclic) bond motifs is 2. The number of aromatic amines is 1. The van der Waals surface area contributed by atoms with Gasteiger partial charge in [-0.05, 0) is 57.5 Å². The van der Waals surface area contributed by atoms with Gasteiger partial charge in [-0.1, -0.05) is 41.7 Å². The number of para-hydroxylation sites is 1. The number of allylic oxidation sites excluding steroid dienone is 1. The van der Waals surface area contributed by atoms with Crippen molar-refractivity contribution in [1.29, 1.82) is 0 Å². The molecule has 1 aliphatic rings. The standard InChI is InChI=1S/C28H27N3O4S/c1-15(2)35-27(33)24-17(4)30-28-31(25(24)18-10-12-19(34-5)13-11-18)26(32)23(36-28)14-21-16(3)29-22-9-7-6-8-20(21)22/h6-15,25,29H,1-5H3. The van der Waals surface area contributed by atoms with Crippen LogP contribution < -0.4 is 19.6 Å². The molecule has 0 amide bonds. The van der Waals surface area contributed by atoms with Gasteiger partial charge in [0.25, 0.3) is 5.56 Å². The molecule has 0 saturated carbocycles. The van der Waals surface area contributed by atoms with Gasteiger partial charge in [-0.25, -0.2) is 9.79 Å². The van der Waals surface area contributed by atoms with Crippen molar-refractivity contribution >= 4 is 34.3 Å². The first-order valence-electron chi connectivity index (χ1n) is 11.7.